The summed E-state index contributed by atoms with van der Waals surface area (Å²) >= 11 is 2.06. The van der Waals surface area contributed by atoms with E-state index < -0.39 is 5.91 Å². The fourth-order valence-electron chi connectivity index (χ4n) is 0.908. The van der Waals surface area contributed by atoms with Gasteiger partial charge in [-0.3, -0.25) is 9.59 Å². The smallest absolute Gasteiger partial charge is 0.252 e. The van der Waals surface area contributed by atoms with Gasteiger partial charge >= 0.3 is 0 Å². The van der Waals surface area contributed by atoms with Gasteiger partial charge in [-0.25, -0.2) is 0 Å². The number of carbonyl (C=O) groups excluding carboxylic acids is 2. The summed E-state index contributed by atoms with van der Waals surface area (Å²) < 4.78 is 0.840. The molecule has 0 heterocycles. The van der Waals surface area contributed by atoms with Gasteiger partial charge in [0.25, 0.3) is 5.91 Å². The molecule has 1 aromatic carbocycles. The summed E-state index contributed by atoms with van der Waals surface area (Å²) in [5.74, 6) is -0.835. The number of halogens is 1. The molecule has 0 saturated heterocycles. The summed E-state index contributed by atoms with van der Waals surface area (Å²) in [7, 11) is 0. The Morgan fingerprint density at radius 3 is 2.57 bits per heavy atom. The lowest BCUT2D eigenvalue weighted by atomic mass is 10.2. The Kier molecular flexibility index (Phi) is 3.87. The number of benzene rings is 1. The lowest BCUT2D eigenvalue weighted by Gasteiger charge is -2.04. The Labute approximate surface area is 95.0 Å². The zero-order valence-electron chi connectivity index (χ0n) is 7.29. The third kappa shape index (κ3) is 2.99. The van der Waals surface area contributed by atoms with Crippen molar-refractivity contribution in [3.05, 3.63) is 33.4 Å². The van der Waals surface area contributed by atoms with E-state index in [2.05, 4.69) is 27.9 Å². The predicted octanol–water partition coefficient (Wildman–Crippen LogP) is 0.506. The Hall–Kier alpha value is -1.11. The van der Waals surface area contributed by atoms with Crippen LogP contribution in [0.25, 0.3) is 0 Å². The van der Waals surface area contributed by atoms with Crippen molar-refractivity contribution in [3.8, 4) is 0 Å². The van der Waals surface area contributed by atoms with Crippen molar-refractivity contribution in [2.45, 2.75) is 0 Å². The van der Waals surface area contributed by atoms with E-state index in [-0.39, 0.29) is 12.5 Å². The number of hydrogen-bond donors (Lipinski definition) is 2. The van der Waals surface area contributed by atoms with Crippen LogP contribution in [0.1, 0.15) is 10.4 Å². The SMILES string of the molecule is NC(=O)CNC(=O)c1ccccc1I. The molecule has 0 radical (unpaired) electrons. The van der Waals surface area contributed by atoms with Crippen LogP contribution < -0.4 is 11.1 Å². The van der Waals surface area contributed by atoms with E-state index in [0.29, 0.717) is 5.56 Å². The molecule has 3 N–H and O–H groups in total. The lowest BCUT2D eigenvalue weighted by molar-refractivity contribution is -0.117. The topological polar surface area (TPSA) is 72.2 Å². The van der Waals surface area contributed by atoms with Gasteiger partial charge in [0.15, 0.2) is 0 Å². The molecule has 74 valence electrons. The largest absolute Gasteiger partial charge is 0.368 e. The molecule has 0 fully saturated rings. The lowest BCUT2D eigenvalue weighted by Crippen LogP contribution is -2.33. The molecule has 0 saturated carbocycles. The van der Waals surface area contributed by atoms with E-state index in [4.69, 9.17) is 5.73 Å². The third-order valence-electron chi connectivity index (χ3n) is 1.54. The molecule has 0 aliphatic carbocycles. The summed E-state index contributed by atoms with van der Waals surface area (Å²) in [6.45, 7) is -0.135. The molecular weight excluding hydrogens is 295 g/mol. The highest BCUT2D eigenvalue weighted by molar-refractivity contribution is 14.1. The molecule has 2 amide bonds. The maximum Gasteiger partial charge on any atom is 0.252 e. The zero-order chi connectivity index (χ0) is 10.6. The number of amides is 2. The van der Waals surface area contributed by atoms with Gasteiger partial charge in [-0.15, -0.1) is 0 Å². The molecule has 4 nitrogen and oxygen atoms in total. The first-order valence-electron chi connectivity index (χ1n) is 3.92. The average molecular weight is 304 g/mol. The quantitative estimate of drug-likeness (QED) is 0.799. The van der Waals surface area contributed by atoms with Crippen LogP contribution in [0.2, 0.25) is 0 Å². The second-order valence-electron chi connectivity index (χ2n) is 2.63. The van der Waals surface area contributed by atoms with Crippen LogP contribution in [-0.4, -0.2) is 18.4 Å². The molecule has 0 atom stereocenters. The van der Waals surface area contributed by atoms with Gasteiger partial charge < -0.3 is 11.1 Å². The van der Waals surface area contributed by atoms with Crippen molar-refractivity contribution in [1.29, 1.82) is 0 Å². The standard InChI is InChI=1S/C9H9IN2O2/c10-7-4-2-1-3-6(7)9(14)12-5-8(11)13/h1-4H,5H2,(H2,11,13)(H,12,14). The van der Waals surface area contributed by atoms with Crippen LogP contribution in [0.4, 0.5) is 0 Å². The van der Waals surface area contributed by atoms with Gasteiger partial charge in [-0.1, -0.05) is 12.1 Å². The minimum Gasteiger partial charge on any atom is -0.368 e. The summed E-state index contributed by atoms with van der Waals surface area (Å²) in [5.41, 5.74) is 5.45. The fraction of sp³-hybridized carbons (Fsp3) is 0.111. The number of rotatable bonds is 3. The van der Waals surface area contributed by atoms with Crippen LogP contribution in [0.5, 0.6) is 0 Å². The van der Waals surface area contributed by atoms with Crippen molar-refractivity contribution < 1.29 is 9.59 Å². The predicted molar refractivity (Wildman–Crippen MR) is 60.7 cm³/mol. The van der Waals surface area contributed by atoms with Gasteiger partial charge in [-0.2, -0.15) is 0 Å². The van der Waals surface area contributed by atoms with Crippen LogP contribution in [0.3, 0.4) is 0 Å². The number of hydrogen-bond acceptors (Lipinski definition) is 2. The number of nitrogens with one attached hydrogen (secondary N) is 1. The molecule has 0 aromatic heterocycles. The Balaban J connectivity index is 2.70. The van der Waals surface area contributed by atoms with Gasteiger partial charge in [0.1, 0.15) is 0 Å². The first-order valence-corrected chi connectivity index (χ1v) is 5.00. The molecule has 0 bridgehead atoms. The molecule has 14 heavy (non-hydrogen) atoms. The Bertz CT molecular complexity index is 366. The van der Waals surface area contributed by atoms with Crippen molar-refractivity contribution in [2.24, 2.45) is 5.73 Å². The van der Waals surface area contributed by atoms with Gasteiger partial charge in [0, 0.05) is 3.57 Å². The van der Waals surface area contributed by atoms with Gasteiger partial charge in [-0.05, 0) is 34.7 Å². The third-order valence-corrected chi connectivity index (χ3v) is 2.48. The van der Waals surface area contributed by atoms with E-state index in [1.54, 1.807) is 12.1 Å². The van der Waals surface area contributed by atoms with Crippen molar-refractivity contribution in [1.82, 2.24) is 5.32 Å². The zero-order valence-corrected chi connectivity index (χ0v) is 9.45. The highest BCUT2D eigenvalue weighted by atomic mass is 127. The van der Waals surface area contributed by atoms with Crippen LogP contribution >= 0.6 is 22.6 Å². The monoisotopic (exact) mass is 304 g/mol. The Morgan fingerprint density at radius 2 is 2.00 bits per heavy atom. The second-order valence-corrected chi connectivity index (χ2v) is 3.79. The summed E-state index contributed by atoms with van der Waals surface area (Å²) in [6, 6.07) is 7.12. The molecule has 0 unspecified atom stereocenters. The molecule has 0 aliphatic rings. The maximum absolute atomic E-state index is 11.4. The minimum atomic E-state index is -0.552. The van der Waals surface area contributed by atoms with Gasteiger partial charge in [0.2, 0.25) is 5.91 Å². The molecule has 5 heteroatoms. The normalized spacial score (nSPS) is 9.50. The van der Waals surface area contributed by atoms with E-state index in [1.807, 2.05) is 12.1 Å². The van der Waals surface area contributed by atoms with Crippen LogP contribution in [-0.2, 0) is 4.79 Å². The summed E-state index contributed by atoms with van der Waals surface area (Å²) in [4.78, 5) is 21.9. The number of nitrogens with two attached hydrogens (primary N) is 1. The van der Waals surface area contributed by atoms with Crippen LogP contribution in [0.15, 0.2) is 24.3 Å². The van der Waals surface area contributed by atoms with Crippen molar-refractivity contribution in [3.63, 3.8) is 0 Å². The highest BCUT2D eigenvalue weighted by Crippen LogP contribution is 2.10. The fourth-order valence-corrected chi connectivity index (χ4v) is 1.54. The first kappa shape index (κ1) is 11.0. The van der Waals surface area contributed by atoms with Crippen molar-refractivity contribution >= 4 is 34.4 Å². The molecule has 0 aliphatic heterocycles. The maximum atomic E-state index is 11.4. The summed E-state index contributed by atoms with van der Waals surface area (Å²) in [5, 5.41) is 2.42. The summed E-state index contributed by atoms with van der Waals surface area (Å²) in [6.07, 6.45) is 0. The van der Waals surface area contributed by atoms with Crippen LogP contribution in [0, 0.1) is 3.57 Å². The van der Waals surface area contributed by atoms with E-state index in [0.717, 1.165) is 3.57 Å². The molecular formula is C9H9IN2O2. The van der Waals surface area contributed by atoms with E-state index in [9.17, 15) is 9.59 Å². The van der Waals surface area contributed by atoms with Gasteiger partial charge in [0.05, 0.1) is 12.1 Å². The molecule has 0 spiro atoms. The minimum absolute atomic E-state index is 0.135. The van der Waals surface area contributed by atoms with Crippen molar-refractivity contribution in [2.75, 3.05) is 6.54 Å². The van der Waals surface area contributed by atoms with E-state index >= 15 is 0 Å². The Morgan fingerprint density at radius 1 is 1.36 bits per heavy atom. The number of primary amides is 1. The average Bonchev–Trinajstić information content (AvgIpc) is 2.15. The molecule has 1 aromatic rings. The second kappa shape index (κ2) is 4.94. The first-order chi connectivity index (χ1) is 6.61. The number of carbonyl (C=O) groups is 2. The highest BCUT2D eigenvalue weighted by Gasteiger charge is 2.08. The molecule has 1 rings (SSSR count). The van der Waals surface area contributed by atoms with E-state index in [1.165, 1.54) is 0 Å².